The molecule has 28 heavy (non-hydrogen) atoms. The Bertz CT molecular complexity index is 1040. The zero-order chi connectivity index (χ0) is 20.1. The van der Waals surface area contributed by atoms with Crippen LogP contribution in [0, 0.1) is 0 Å². The van der Waals surface area contributed by atoms with Crippen LogP contribution in [0.15, 0.2) is 36.8 Å². The molecule has 0 fully saturated rings. The molecule has 0 radical (unpaired) electrons. The minimum atomic E-state index is -4.38. The second-order valence-electron chi connectivity index (χ2n) is 6.59. The van der Waals surface area contributed by atoms with Crippen LogP contribution in [0.3, 0.4) is 0 Å². The average molecular weight is 407 g/mol. The fourth-order valence-electron chi connectivity index (χ4n) is 3.13. The van der Waals surface area contributed by atoms with Gasteiger partial charge in [0.05, 0.1) is 25.0 Å². The van der Waals surface area contributed by atoms with Crippen molar-refractivity contribution in [2.45, 2.75) is 12.7 Å². The maximum absolute atomic E-state index is 12.9. The number of likely N-dealkylation sites (N-methyl/N-ethyl adjacent to an activating group) is 1. The van der Waals surface area contributed by atoms with E-state index >= 15 is 0 Å². The van der Waals surface area contributed by atoms with E-state index in [9.17, 15) is 18.0 Å². The quantitative estimate of drug-likeness (QED) is 0.667. The van der Waals surface area contributed by atoms with Crippen LogP contribution in [0.2, 0.25) is 0 Å². The molecule has 0 atom stereocenters. The van der Waals surface area contributed by atoms with E-state index in [1.165, 1.54) is 6.07 Å². The summed E-state index contributed by atoms with van der Waals surface area (Å²) in [5.41, 5.74) is 1.97. The van der Waals surface area contributed by atoms with Gasteiger partial charge in [-0.05, 0) is 18.2 Å². The highest BCUT2D eigenvalue weighted by Gasteiger charge is 2.33. The Morgan fingerprint density at radius 3 is 2.64 bits per heavy atom. The summed E-state index contributed by atoms with van der Waals surface area (Å²) < 4.78 is 40.4. The number of aryl methyl sites for hydroxylation is 1. The molecular weight excluding hydrogens is 391 g/mol. The smallest absolute Gasteiger partial charge is 0.349 e. The summed E-state index contributed by atoms with van der Waals surface area (Å²) in [5.74, 6) is 0.500. The minimum absolute atomic E-state index is 0.111. The summed E-state index contributed by atoms with van der Waals surface area (Å²) in [7, 11) is 3.55. The second kappa shape index (κ2) is 6.62. The van der Waals surface area contributed by atoms with Crippen LogP contribution in [0.4, 0.5) is 24.7 Å². The molecule has 0 bridgehead atoms. The SMILES string of the molecule is CN1CC(=O)N(Cc2cnn(C)c2)c2cc(-c3ccc(C(F)(F)F)s3)cnc21. The first kappa shape index (κ1) is 18.5. The molecule has 0 aromatic carbocycles. The fraction of sp³-hybridized carbons (Fsp3) is 0.278. The molecule has 6 nitrogen and oxygen atoms in total. The number of rotatable bonds is 3. The number of pyridine rings is 1. The van der Waals surface area contributed by atoms with Gasteiger partial charge in [-0.2, -0.15) is 18.3 Å². The van der Waals surface area contributed by atoms with Gasteiger partial charge in [0.25, 0.3) is 0 Å². The zero-order valence-corrected chi connectivity index (χ0v) is 15.9. The standard InChI is InChI=1S/C18H16F3N5OS/c1-24-10-16(27)26(9-11-6-23-25(2)8-11)13-5-12(7-22-17(13)24)14-3-4-15(28-14)18(19,20)21/h3-8H,9-10H2,1-2H3. The van der Waals surface area contributed by atoms with E-state index in [0.29, 0.717) is 39.8 Å². The second-order valence-corrected chi connectivity index (χ2v) is 7.67. The highest BCUT2D eigenvalue weighted by atomic mass is 32.1. The van der Waals surface area contributed by atoms with Crippen LogP contribution in [-0.2, 0) is 24.6 Å². The van der Waals surface area contributed by atoms with E-state index in [4.69, 9.17) is 0 Å². The highest BCUT2D eigenvalue weighted by molar-refractivity contribution is 7.15. The number of hydrogen-bond donors (Lipinski definition) is 0. The van der Waals surface area contributed by atoms with Crippen molar-refractivity contribution < 1.29 is 18.0 Å². The van der Waals surface area contributed by atoms with Gasteiger partial charge in [0.1, 0.15) is 4.88 Å². The van der Waals surface area contributed by atoms with Crippen molar-refractivity contribution in [2.75, 3.05) is 23.4 Å². The Hall–Kier alpha value is -2.88. The summed E-state index contributed by atoms with van der Waals surface area (Å²) in [4.78, 5) is 20.2. The van der Waals surface area contributed by atoms with Gasteiger partial charge < -0.3 is 9.80 Å². The van der Waals surface area contributed by atoms with Gasteiger partial charge in [-0.1, -0.05) is 0 Å². The maximum atomic E-state index is 12.9. The third kappa shape index (κ3) is 3.35. The Kier molecular flexibility index (Phi) is 4.37. The minimum Gasteiger partial charge on any atom is -0.349 e. The van der Waals surface area contributed by atoms with Crippen LogP contribution in [0.25, 0.3) is 10.4 Å². The average Bonchev–Trinajstić information content (AvgIpc) is 3.27. The molecule has 3 aromatic rings. The fourth-order valence-corrected chi connectivity index (χ4v) is 3.98. The van der Waals surface area contributed by atoms with Gasteiger partial charge >= 0.3 is 6.18 Å². The molecule has 146 valence electrons. The van der Waals surface area contributed by atoms with E-state index in [1.807, 2.05) is 6.20 Å². The summed E-state index contributed by atoms with van der Waals surface area (Å²) in [6.45, 7) is 0.494. The van der Waals surface area contributed by atoms with Gasteiger partial charge in [0.2, 0.25) is 5.91 Å². The molecule has 4 rings (SSSR count). The number of amides is 1. The van der Waals surface area contributed by atoms with E-state index in [1.54, 1.807) is 47.0 Å². The van der Waals surface area contributed by atoms with Crippen molar-refractivity contribution in [1.29, 1.82) is 0 Å². The number of thiophene rings is 1. The third-order valence-electron chi connectivity index (χ3n) is 4.44. The normalized spacial score (nSPS) is 14.5. The Balaban J connectivity index is 1.74. The first-order valence-corrected chi connectivity index (χ1v) is 9.20. The number of aromatic nitrogens is 3. The van der Waals surface area contributed by atoms with E-state index in [0.717, 1.165) is 11.6 Å². The van der Waals surface area contributed by atoms with Crippen molar-refractivity contribution in [3.05, 3.63) is 47.2 Å². The monoisotopic (exact) mass is 407 g/mol. The van der Waals surface area contributed by atoms with Crippen molar-refractivity contribution in [2.24, 2.45) is 7.05 Å². The number of halogens is 3. The first-order valence-electron chi connectivity index (χ1n) is 8.39. The van der Waals surface area contributed by atoms with Gasteiger partial charge in [0, 0.05) is 42.5 Å². The van der Waals surface area contributed by atoms with Gasteiger partial charge in [0.15, 0.2) is 5.82 Å². The van der Waals surface area contributed by atoms with E-state index in [2.05, 4.69) is 10.1 Å². The Morgan fingerprint density at radius 2 is 2.00 bits per heavy atom. The number of hydrogen-bond acceptors (Lipinski definition) is 5. The van der Waals surface area contributed by atoms with E-state index < -0.39 is 11.1 Å². The molecule has 0 aliphatic carbocycles. The highest BCUT2D eigenvalue weighted by Crippen LogP contribution is 2.41. The third-order valence-corrected chi connectivity index (χ3v) is 5.62. The van der Waals surface area contributed by atoms with Crippen LogP contribution in [0.1, 0.15) is 10.4 Å². The number of fused-ring (bicyclic) bond motifs is 1. The van der Waals surface area contributed by atoms with Gasteiger partial charge in [-0.15, -0.1) is 11.3 Å². The lowest BCUT2D eigenvalue weighted by Gasteiger charge is -2.34. The van der Waals surface area contributed by atoms with E-state index in [-0.39, 0.29) is 12.5 Å². The summed E-state index contributed by atoms with van der Waals surface area (Å²) >= 11 is 0.658. The van der Waals surface area contributed by atoms with Crippen molar-refractivity contribution in [1.82, 2.24) is 14.8 Å². The number of nitrogens with zero attached hydrogens (tertiary/aromatic N) is 5. The van der Waals surface area contributed by atoms with Crippen molar-refractivity contribution in [3.63, 3.8) is 0 Å². The maximum Gasteiger partial charge on any atom is 0.425 e. The zero-order valence-electron chi connectivity index (χ0n) is 15.1. The predicted molar refractivity (Wildman–Crippen MR) is 100 cm³/mol. The molecule has 0 N–H and O–H groups in total. The Morgan fingerprint density at radius 1 is 1.21 bits per heavy atom. The van der Waals surface area contributed by atoms with Crippen LogP contribution < -0.4 is 9.80 Å². The lowest BCUT2D eigenvalue weighted by molar-refractivity contribution is -0.134. The summed E-state index contributed by atoms with van der Waals surface area (Å²) in [5, 5.41) is 4.12. The van der Waals surface area contributed by atoms with Crippen LogP contribution in [0.5, 0.6) is 0 Å². The number of carbonyl (C=O) groups excluding carboxylic acids is 1. The molecular formula is C18H16F3N5OS. The molecule has 3 aromatic heterocycles. The lowest BCUT2D eigenvalue weighted by atomic mass is 10.1. The molecule has 0 saturated carbocycles. The van der Waals surface area contributed by atoms with Gasteiger partial charge in [-0.3, -0.25) is 9.48 Å². The van der Waals surface area contributed by atoms with Crippen LogP contribution >= 0.6 is 11.3 Å². The molecule has 0 saturated heterocycles. The predicted octanol–water partition coefficient (Wildman–Crippen LogP) is 3.55. The number of carbonyl (C=O) groups is 1. The Labute approximate surface area is 162 Å². The molecule has 0 spiro atoms. The molecule has 1 amide bonds. The lowest BCUT2D eigenvalue weighted by Crippen LogP contribution is -2.44. The summed E-state index contributed by atoms with van der Waals surface area (Å²) in [6.07, 6.45) is 0.654. The van der Waals surface area contributed by atoms with Gasteiger partial charge in [-0.25, -0.2) is 4.98 Å². The molecule has 0 unspecified atom stereocenters. The molecule has 1 aliphatic heterocycles. The number of alkyl halides is 3. The topological polar surface area (TPSA) is 54.3 Å². The van der Waals surface area contributed by atoms with Crippen molar-refractivity contribution in [3.8, 4) is 10.4 Å². The largest absolute Gasteiger partial charge is 0.425 e. The molecule has 1 aliphatic rings. The molecule has 10 heteroatoms. The number of anilines is 2. The van der Waals surface area contributed by atoms with Crippen molar-refractivity contribution >= 4 is 28.7 Å². The molecule has 4 heterocycles. The summed E-state index contributed by atoms with van der Waals surface area (Å²) in [6, 6.07) is 4.21. The van der Waals surface area contributed by atoms with Crippen LogP contribution in [-0.4, -0.2) is 34.3 Å². The first-order chi connectivity index (χ1) is 13.2.